The van der Waals surface area contributed by atoms with Crippen LogP contribution in [-0.2, 0) is 9.59 Å². The molecule has 2 N–H and O–H groups in total. The lowest BCUT2D eigenvalue weighted by molar-refractivity contribution is -0.128. The van der Waals surface area contributed by atoms with E-state index in [1.54, 1.807) is 11.8 Å². The van der Waals surface area contributed by atoms with Crippen molar-refractivity contribution in [3.8, 4) is 0 Å². The molecule has 2 rings (SSSR count). The van der Waals surface area contributed by atoms with Gasteiger partial charge in [0, 0.05) is 24.0 Å². The van der Waals surface area contributed by atoms with Crippen LogP contribution in [0.1, 0.15) is 32.1 Å². The molecule has 0 aromatic carbocycles. The normalized spacial score (nSPS) is 27.2. The summed E-state index contributed by atoms with van der Waals surface area (Å²) in [5.74, 6) is 1.51. The standard InChI is InChI=1S/C11H18N2O2S/c14-10-5-6-16-7-9(13-10)11(15)12-8-3-1-2-4-8/h8-9H,1-7H2,(H,12,15)(H,13,14). The Bertz CT molecular complexity index is 277. The van der Waals surface area contributed by atoms with E-state index in [1.807, 2.05) is 0 Å². The van der Waals surface area contributed by atoms with Gasteiger partial charge in [0.1, 0.15) is 6.04 Å². The molecular weight excluding hydrogens is 224 g/mol. The third-order valence-corrected chi connectivity index (χ3v) is 4.17. The van der Waals surface area contributed by atoms with E-state index in [9.17, 15) is 9.59 Å². The molecular formula is C11H18N2O2S. The molecule has 2 fully saturated rings. The monoisotopic (exact) mass is 242 g/mol. The van der Waals surface area contributed by atoms with E-state index in [2.05, 4.69) is 10.6 Å². The minimum atomic E-state index is -0.333. The molecule has 90 valence electrons. The second-order valence-electron chi connectivity index (χ2n) is 4.43. The lowest BCUT2D eigenvalue weighted by atomic mass is 10.2. The van der Waals surface area contributed by atoms with Gasteiger partial charge in [-0.1, -0.05) is 12.8 Å². The molecule has 2 aliphatic rings. The van der Waals surface area contributed by atoms with Gasteiger partial charge in [0.25, 0.3) is 0 Å². The van der Waals surface area contributed by atoms with Gasteiger partial charge in [0.15, 0.2) is 0 Å². The fourth-order valence-electron chi connectivity index (χ4n) is 2.19. The minimum Gasteiger partial charge on any atom is -0.352 e. The first-order chi connectivity index (χ1) is 7.75. The smallest absolute Gasteiger partial charge is 0.243 e. The summed E-state index contributed by atoms with van der Waals surface area (Å²) in [6.45, 7) is 0. The summed E-state index contributed by atoms with van der Waals surface area (Å²) in [6, 6.07) is -0.00162. The second-order valence-corrected chi connectivity index (χ2v) is 5.58. The van der Waals surface area contributed by atoms with Crippen molar-refractivity contribution in [2.24, 2.45) is 0 Å². The van der Waals surface area contributed by atoms with Gasteiger partial charge in [0.05, 0.1) is 0 Å². The van der Waals surface area contributed by atoms with Gasteiger partial charge in [-0.2, -0.15) is 11.8 Å². The number of carbonyl (C=O) groups excluding carboxylic acids is 2. The Morgan fingerprint density at radius 3 is 2.88 bits per heavy atom. The maximum Gasteiger partial charge on any atom is 0.243 e. The van der Waals surface area contributed by atoms with Crippen molar-refractivity contribution in [3.05, 3.63) is 0 Å². The molecule has 1 saturated heterocycles. The topological polar surface area (TPSA) is 58.2 Å². The number of carbonyl (C=O) groups is 2. The highest BCUT2D eigenvalue weighted by atomic mass is 32.2. The lowest BCUT2D eigenvalue weighted by Crippen LogP contribution is -2.49. The van der Waals surface area contributed by atoms with Crippen molar-refractivity contribution in [1.29, 1.82) is 0 Å². The van der Waals surface area contributed by atoms with Crippen molar-refractivity contribution in [1.82, 2.24) is 10.6 Å². The summed E-state index contributed by atoms with van der Waals surface area (Å²) in [6.07, 6.45) is 5.10. The number of rotatable bonds is 2. The molecule has 16 heavy (non-hydrogen) atoms. The number of hydrogen-bond donors (Lipinski definition) is 2. The highest BCUT2D eigenvalue weighted by Crippen LogP contribution is 2.18. The van der Waals surface area contributed by atoms with E-state index in [1.165, 1.54) is 12.8 Å². The molecule has 1 unspecified atom stereocenters. The lowest BCUT2D eigenvalue weighted by Gasteiger charge is -2.18. The summed E-state index contributed by atoms with van der Waals surface area (Å²) < 4.78 is 0. The zero-order valence-electron chi connectivity index (χ0n) is 9.33. The average Bonchev–Trinajstić information content (AvgIpc) is 2.65. The molecule has 1 heterocycles. The predicted octanol–water partition coefficient (Wildman–Crippen LogP) is 0.667. The first kappa shape index (κ1) is 11.8. The molecule has 1 atom stereocenters. The van der Waals surface area contributed by atoms with Gasteiger partial charge in [-0.25, -0.2) is 0 Å². The number of nitrogens with one attached hydrogen (secondary N) is 2. The van der Waals surface area contributed by atoms with Gasteiger partial charge < -0.3 is 10.6 Å². The van der Waals surface area contributed by atoms with Crippen LogP contribution in [0.2, 0.25) is 0 Å². The molecule has 2 amide bonds. The summed E-state index contributed by atoms with van der Waals surface area (Å²) in [5, 5.41) is 5.81. The van der Waals surface area contributed by atoms with Crippen LogP contribution >= 0.6 is 11.8 Å². The van der Waals surface area contributed by atoms with Crippen LogP contribution in [0.25, 0.3) is 0 Å². The van der Waals surface area contributed by atoms with Crippen molar-refractivity contribution in [2.45, 2.75) is 44.2 Å². The molecule has 1 saturated carbocycles. The van der Waals surface area contributed by atoms with Crippen molar-refractivity contribution in [2.75, 3.05) is 11.5 Å². The fraction of sp³-hybridized carbons (Fsp3) is 0.818. The third kappa shape index (κ3) is 3.14. The van der Waals surface area contributed by atoms with E-state index >= 15 is 0 Å². The van der Waals surface area contributed by atoms with E-state index in [0.717, 1.165) is 18.6 Å². The van der Waals surface area contributed by atoms with Crippen LogP contribution < -0.4 is 10.6 Å². The van der Waals surface area contributed by atoms with E-state index in [4.69, 9.17) is 0 Å². The SMILES string of the molecule is O=C1CCSCC(C(=O)NC2CCCC2)N1. The Morgan fingerprint density at radius 2 is 2.12 bits per heavy atom. The quantitative estimate of drug-likeness (QED) is 0.748. The predicted molar refractivity (Wildman–Crippen MR) is 64.3 cm³/mol. The molecule has 1 aliphatic carbocycles. The Labute approximate surface area is 99.9 Å². The minimum absolute atomic E-state index is 0.00317. The molecule has 0 aromatic rings. The summed E-state index contributed by atoms with van der Waals surface area (Å²) in [7, 11) is 0. The van der Waals surface area contributed by atoms with Crippen molar-refractivity contribution in [3.63, 3.8) is 0 Å². The number of hydrogen-bond acceptors (Lipinski definition) is 3. The zero-order valence-corrected chi connectivity index (χ0v) is 10.1. The Kier molecular flexibility index (Phi) is 4.09. The highest BCUT2D eigenvalue weighted by molar-refractivity contribution is 7.99. The van der Waals surface area contributed by atoms with Crippen LogP contribution in [0, 0.1) is 0 Å². The van der Waals surface area contributed by atoms with Crippen LogP contribution in [0.15, 0.2) is 0 Å². The van der Waals surface area contributed by atoms with Crippen molar-refractivity contribution < 1.29 is 9.59 Å². The van der Waals surface area contributed by atoms with E-state index in [0.29, 0.717) is 18.2 Å². The molecule has 0 radical (unpaired) electrons. The molecule has 4 nitrogen and oxygen atoms in total. The van der Waals surface area contributed by atoms with E-state index < -0.39 is 0 Å². The Hall–Kier alpha value is -0.710. The first-order valence-corrected chi connectivity index (χ1v) is 7.08. The van der Waals surface area contributed by atoms with Crippen LogP contribution in [0.3, 0.4) is 0 Å². The van der Waals surface area contributed by atoms with Gasteiger partial charge in [-0.05, 0) is 12.8 Å². The van der Waals surface area contributed by atoms with Gasteiger partial charge in [0.2, 0.25) is 11.8 Å². The molecule has 1 aliphatic heterocycles. The van der Waals surface area contributed by atoms with E-state index in [-0.39, 0.29) is 17.9 Å². The summed E-state index contributed by atoms with van der Waals surface area (Å²) in [4.78, 5) is 23.2. The van der Waals surface area contributed by atoms with Gasteiger partial charge in [-0.3, -0.25) is 9.59 Å². The number of amides is 2. The second kappa shape index (κ2) is 5.57. The molecule has 5 heteroatoms. The van der Waals surface area contributed by atoms with Gasteiger partial charge >= 0.3 is 0 Å². The van der Waals surface area contributed by atoms with Gasteiger partial charge in [-0.15, -0.1) is 0 Å². The molecule has 0 bridgehead atoms. The summed E-state index contributed by atoms with van der Waals surface area (Å²) >= 11 is 1.67. The summed E-state index contributed by atoms with van der Waals surface area (Å²) in [5.41, 5.74) is 0. The van der Waals surface area contributed by atoms with Crippen LogP contribution in [0.4, 0.5) is 0 Å². The number of thioether (sulfide) groups is 1. The highest BCUT2D eigenvalue weighted by Gasteiger charge is 2.26. The Morgan fingerprint density at radius 1 is 1.38 bits per heavy atom. The molecule has 0 aromatic heterocycles. The maximum atomic E-state index is 11.9. The maximum absolute atomic E-state index is 11.9. The average molecular weight is 242 g/mol. The van der Waals surface area contributed by atoms with Crippen LogP contribution in [0.5, 0.6) is 0 Å². The van der Waals surface area contributed by atoms with Crippen LogP contribution in [-0.4, -0.2) is 35.4 Å². The Balaban J connectivity index is 1.84. The third-order valence-electron chi connectivity index (χ3n) is 3.11. The zero-order chi connectivity index (χ0) is 11.4. The van der Waals surface area contributed by atoms with Crippen molar-refractivity contribution >= 4 is 23.6 Å². The first-order valence-electron chi connectivity index (χ1n) is 5.93. The largest absolute Gasteiger partial charge is 0.352 e. The fourth-order valence-corrected chi connectivity index (χ4v) is 3.15. The molecule has 0 spiro atoms.